The van der Waals surface area contributed by atoms with E-state index in [0.717, 1.165) is 17.4 Å². The number of hydrogen-bond donors (Lipinski definition) is 2. The lowest BCUT2D eigenvalue weighted by Gasteiger charge is -2.14. The van der Waals surface area contributed by atoms with E-state index in [9.17, 15) is 13.2 Å². The van der Waals surface area contributed by atoms with Crippen molar-refractivity contribution >= 4 is 21.6 Å². The highest BCUT2D eigenvalue weighted by Gasteiger charge is 2.12. The maximum atomic E-state index is 12.5. The fourth-order valence-electron chi connectivity index (χ4n) is 2.51. The molecule has 27 heavy (non-hydrogen) atoms. The summed E-state index contributed by atoms with van der Waals surface area (Å²) in [5, 5.41) is 2.87. The van der Waals surface area contributed by atoms with E-state index in [1.165, 1.54) is 7.11 Å². The van der Waals surface area contributed by atoms with Crippen LogP contribution < -0.4 is 19.5 Å². The third kappa shape index (κ3) is 5.97. The number of benzene rings is 2. The Morgan fingerprint density at radius 1 is 1.04 bits per heavy atom. The first-order valence-electron chi connectivity index (χ1n) is 8.31. The molecule has 1 amide bonds. The van der Waals surface area contributed by atoms with Crippen LogP contribution >= 0.6 is 0 Å². The fourth-order valence-corrected chi connectivity index (χ4v) is 2.99. The molecule has 0 unspecified atom stereocenters. The van der Waals surface area contributed by atoms with Crippen LogP contribution in [0, 0.1) is 6.92 Å². The SMILES string of the molecule is COc1cc(C)c(NC(=O)c2ccc(CCNS(C)(=O)=O)cc2)cc1OC. The second-order valence-electron chi connectivity index (χ2n) is 6.09. The molecule has 7 nitrogen and oxygen atoms in total. The molecule has 0 aliphatic rings. The van der Waals surface area contributed by atoms with Gasteiger partial charge in [-0.05, 0) is 42.7 Å². The van der Waals surface area contributed by atoms with Gasteiger partial charge in [0.2, 0.25) is 10.0 Å². The highest BCUT2D eigenvalue weighted by molar-refractivity contribution is 7.88. The van der Waals surface area contributed by atoms with Crippen LogP contribution in [-0.4, -0.2) is 41.3 Å². The summed E-state index contributed by atoms with van der Waals surface area (Å²) in [4.78, 5) is 12.5. The van der Waals surface area contributed by atoms with Crippen molar-refractivity contribution in [3.05, 3.63) is 53.1 Å². The molecule has 0 heterocycles. The first-order chi connectivity index (χ1) is 12.7. The summed E-state index contributed by atoms with van der Waals surface area (Å²) in [6.07, 6.45) is 1.67. The van der Waals surface area contributed by atoms with Gasteiger partial charge in [0.15, 0.2) is 11.5 Å². The molecule has 0 spiro atoms. The van der Waals surface area contributed by atoms with Crippen molar-refractivity contribution in [1.82, 2.24) is 4.72 Å². The van der Waals surface area contributed by atoms with Crippen molar-refractivity contribution in [3.63, 3.8) is 0 Å². The number of amides is 1. The van der Waals surface area contributed by atoms with Crippen LogP contribution in [-0.2, 0) is 16.4 Å². The number of nitrogens with one attached hydrogen (secondary N) is 2. The fraction of sp³-hybridized carbons (Fsp3) is 0.316. The van der Waals surface area contributed by atoms with E-state index in [2.05, 4.69) is 10.0 Å². The number of sulfonamides is 1. The zero-order valence-corrected chi connectivity index (χ0v) is 16.6. The minimum Gasteiger partial charge on any atom is -0.493 e. The Morgan fingerprint density at radius 2 is 1.63 bits per heavy atom. The third-order valence-corrected chi connectivity index (χ3v) is 4.70. The summed E-state index contributed by atoms with van der Waals surface area (Å²) in [7, 11) is -0.103. The van der Waals surface area contributed by atoms with E-state index >= 15 is 0 Å². The van der Waals surface area contributed by atoms with Gasteiger partial charge in [-0.2, -0.15) is 0 Å². The van der Waals surface area contributed by atoms with Crippen molar-refractivity contribution in [1.29, 1.82) is 0 Å². The van der Waals surface area contributed by atoms with Crippen molar-refractivity contribution in [2.24, 2.45) is 0 Å². The van der Waals surface area contributed by atoms with Crippen LogP contribution in [0.1, 0.15) is 21.5 Å². The van der Waals surface area contributed by atoms with E-state index in [1.807, 2.05) is 6.92 Å². The molecule has 0 saturated carbocycles. The molecule has 0 aromatic heterocycles. The van der Waals surface area contributed by atoms with Gasteiger partial charge in [0.05, 0.1) is 20.5 Å². The number of anilines is 1. The van der Waals surface area contributed by atoms with Gasteiger partial charge >= 0.3 is 0 Å². The van der Waals surface area contributed by atoms with Crippen LogP contribution in [0.15, 0.2) is 36.4 Å². The maximum absolute atomic E-state index is 12.5. The van der Waals surface area contributed by atoms with Crippen LogP contribution in [0.5, 0.6) is 11.5 Å². The van der Waals surface area contributed by atoms with E-state index in [1.54, 1.807) is 43.5 Å². The highest BCUT2D eigenvalue weighted by atomic mass is 32.2. The van der Waals surface area contributed by atoms with Gasteiger partial charge in [0, 0.05) is 23.9 Å². The van der Waals surface area contributed by atoms with Crippen molar-refractivity contribution in [2.75, 3.05) is 32.3 Å². The minimum absolute atomic E-state index is 0.244. The number of carbonyl (C=O) groups is 1. The lowest BCUT2D eigenvalue weighted by Crippen LogP contribution is -2.24. The predicted octanol–water partition coefficient (Wildman–Crippen LogP) is 2.36. The predicted molar refractivity (Wildman–Crippen MR) is 105 cm³/mol. The maximum Gasteiger partial charge on any atom is 0.255 e. The Balaban J connectivity index is 2.06. The Hall–Kier alpha value is -2.58. The number of aryl methyl sites for hydroxylation is 1. The van der Waals surface area contributed by atoms with E-state index in [4.69, 9.17) is 9.47 Å². The molecule has 0 aliphatic carbocycles. The molecule has 0 radical (unpaired) electrons. The van der Waals surface area contributed by atoms with Gasteiger partial charge in [-0.25, -0.2) is 13.1 Å². The lowest BCUT2D eigenvalue weighted by atomic mass is 10.1. The standard InChI is InChI=1S/C19H24N2O5S/c1-13-11-17(25-2)18(26-3)12-16(13)21-19(22)15-7-5-14(6-8-15)9-10-20-27(4,23)24/h5-8,11-12,20H,9-10H2,1-4H3,(H,21,22). The monoisotopic (exact) mass is 392 g/mol. The first kappa shape index (κ1) is 20.7. The Morgan fingerprint density at radius 3 is 2.19 bits per heavy atom. The van der Waals surface area contributed by atoms with Gasteiger partial charge < -0.3 is 14.8 Å². The number of carbonyl (C=O) groups excluding carboxylic acids is 1. The molecule has 2 aromatic carbocycles. The molecule has 2 N–H and O–H groups in total. The number of rotatable bonds is 8. The van der Waals surface area contributed by atoms with Crippen LogP contribution in [0.3, 0.4) is 0 Å². The van der Waals surface area contributed by atoms with Gasteiger partial charge in [0.1, 0.15) is 0 Å². The summed E-state index contributed by atoms with van der Waals surface area (Å²) in [6.45, 7) is 2.19. The molecule has 0 saturated heterocycles. The van der Waals surface area contributed by atoms with Crippen molar-refractivity contribution in [2.45, 2.75) is 13.3 Å². The van der Waals surface area contributed by atoms with Gasteiger partial charge in [-0.1, -0.05) is 12.1 Å². The van der Waals surface area contributed by atoms with E-state index in [0.29, 0.717) is 35.7 Å². The number of ether oxygens (including phenoxy) is 2. The second-order valence-corrected chi connectivity index (χ2v) is 7.92. The smallest absolute Gasteiger partial charge is 0.255 e. The first-order valence-corrected chi connectivity index (χ1v) is 10.2. The molecule has 0 aliphatic heterocycles. The van der Waals surface area contributed by atoms with Gasteiger partial charge in [-0.3, -0.25) is 4.79 Å². The average Bonchev–Trinajstić information content (AvgIpc) is 2.62. The second kappa shape index (κ2) is 8.88. The molecule has 0 bridgehead atoms. The van der Waals surface area contributed by atoms with E-state index < -0.39 is 10.0 Å². The Labute approximate surface area is 159 Å². The molecular weight excluding hydrogens is 368 g/mol. The summed E-state index contributed by atoms with van der Waals surface area (Å²) in [5.74, 6) is 0.887. The summed E-state index contributed by atoms with van der Waals surface area (Å²) >= 11 is 0. The van der Waals surface area contributed by atoms with Crippen LogP contribution in [0.2, 0.25) is 0 Å². The zero-order valence-electron chi connectivity index (χ0n) is 15.8. The van der Waals surface area contributed by atoms with Crippen molar-refractivity contribution in [3.8, 4) is 11.5 Å². The molecular formula is C19H24N2O5S. The Bertz CT molecular complexity index is 908. The summed E-state index contributed by atoms with van der Waals surface area (Å²) < 4.78 is 35.1. The quantitative estimate of drug-likeness (QED) is 0.719. The largest absolute Gasteiger partial charge is 0.493 e. The number of hydrogen-bond acceptors (Lipinski definition) is 5. The lowest BCUT2D eigenvalue weighted by molar-refractivity contribution is 0.102. The summed E-state index contributed by atoms with van der Waals surface area (Å²) in [5.41, 5.74) is 2.93. The Kier molecular flexibility index (Phi) is 6.81. The van der Waals surface area contributed by atoms with Crippen LogP contribution in [0.4, 0.5) is 5.69 Å². The normalized spacial score (nSPS) is 11.1. The molecule has 0 atom stereocenters. The zero-order chi connectivity index (χ0) is 20.0. The average molecular weight is 392 g/mol. The molecule has 2 aromatic rings. The molecule has 0 fully saturated rings. The highest BCUT2D eigenvalue weighted by Crippen LogP contribution is 2.33. The number of methoxy groups -OCH3 is 2. The minimum atomic E-state index is -3.20. The third-order valence-electron chi connectivity index (χ3n) is 3.97. The molecule has 8 heteroatoms. The van der Waals surface area contributed by atoms with E-state index in [-0.39, 0.29) is 5.91 Å². The van der Waals surface area contributed by atoms with Gasteiger partial charge in [-0.15, -0.1) is 0 Å². The van der Waals surface area contributed by atoms with Crippen LogP contribution in [0.25, 0.3) is 0 Å². The molecule has 2 rings (SSSR count). The van der Waals surface area contributed by atoms with Crippen molar-refractivity contribution < 1.29 is 22.7 Å². The topological polar surface area (TPSA) is 93.7 Å². The summed E-state index contributed by atoms with van der Waals surface area (Å²) in [6, 6.07) is 10.5. The molecule has 146 valence electrons. The van der Waals surface area contributed by atoms with Gasteiger partial charge in [0.25, 0.3) is 5.91 Å².